The summed E-state index contributed by atoms with van der Waals surface area (Å²) < 4.78 is 43.1. The number of hydrogen-bond acceptors (Lipinski definition) is 4. The van der Waals surface area contributed by atoms with Gasteiger partial charge in [-0.1, -0.05) is 36.7 Å². The van der Waals surface area contributed by atoms with E-state index in [1.165, 1.54) is 16.8 Å². The molecular formula is C29H26ClF2N3O2S. The van der Waals surface area contributed by atoms with Crippen molar-refractivity contribution in [1.82, 2.24) is 9.55 Å². The van der Waals surface area contributed by atoms with Crippen molar-refractivity contribution >= 4 is 34.3 Å². The lowest BCUT2D eigenvalue weighted by molar-refractivity contribution is 0.618. The van der Waals surface area contributed by atoms with Crippen LogP contribution in [-0.2, 0) is 17.2 Å². The summed E-state index contributed by atoms with van der Waals surface area (Å²) in [5.41, 5.74) is 2.78. The van der Waals surface area contributed by atoms with Crippen LogP contribution in [0.4, 0.5) is 8.78 Å². The number of allylic oxidation sites excluding steroid dienone is 2. The van der Waals surface area contributed by atoms with Gasteiger partial charge >= 0.3 is 0 Å². The number of aliphatic imine (C=N–C) groups is 1. The first kappa shape index (κ1) is 26.4. The smallest absolute Gasteiger partial charge is 0.273 e. The van der Waals surface area contributed by atoms with Crippen LogP contribution in [0.15, 0.2) is 75.5 Å². The molecule has 0 radical (unpaired) electrons. The first-order valence-electron chi connectivity index (χ1n) is 12.3. The van der Waals surface area contributed by atoms with Gasteiger partial charge in [0, 0.05) is 34.3 Å². The summed E-state index contributed by atoms with van der Waals surface area (Å²) in [5, 5.41) is 0.00584. The maximum absolute atomic E-state index is 15.8. The fraction of sp³-hybridized carbons (Fsp3) is 0.276. The van der Waals surface area contributed by atoms with E-state index >= 15 is 4.39 Å². The highest BCUT2D eigenvalue weighted by molar-refractivity contribution is 7.85. The highest BCUT2D eigenvalue weighted by atomic mass is 35.5. The van der Waals surface area contributed by atoms with Crippen LogP contribution in [0.5, 0.6) is 0 Å². The van der Waals surface area contributed by atoms with E-state index in [9.17, 15) is 13.4 Å². The first-order chi connectivity index (χ1) is 18.2. The summed E-state index contributed by atoms with van der Waals surface area (Å²) in [4.78, 5) is 22.3. The van der Waals surface area contributed by atoms with Crippen LogP contribution >= 0.6 is 11.6 Å². The predicted molar refractivity (Wildman–Crippen MR) is 147 cm³/mol. The Hall–Kier alpha value is -3.23. The van der Waals surface area contributed by atoms with Gasteiger partial charge in [-0.2, -0.15) is 0 Å². The second kappa shape index (κ2) is 10.5. The van der Waals surface area contributed by atoms with Crippen LogP contribution in [-0.4, -0.2) is 25.2 Å². The molecule has 3 heterocycles. The minimum Gasteiger partial charge on any atom is -0.284 e. The molecule has 9 heteroatoms. The minimum absolute atomic E-state index is 0.00584. The lowest BCUT2D eigenvalue weighted by Gasteiger charge is -2.13. The predicted octanol–water partition coefficient (Wildman–Crippen LogP) is 6.32. The lowest BCUT2D eigenvalue weighted by atomic mass is 10.00. The zero-order valence-corrected chi connectivity index (χ0v) is 22.7. The number of rotatable bonds is 6. The molecular weight excluding hydrogens is 528 g/mol. The van der Waals surface area contributed by atoms with Gasteiger partial charge in [-0.15, -0.1) is 0 Å². The van der Waals surface area contributed by atoms with Gasteiger partial charge in [0.1, 0.15) is 16.6 Å². The molecule has 1 aliphatic heterocycles. The van der Waals surface area contributed by atoms with E-state index in [0.717, 1.165) is 23.5 Å². The number of aromatic nitrogens is 2. The molecule has 4 unspecified atom stereocenters. The molecule has 196 valence electrons. The van der Waals surface area contributed by atoms with Crippen molar-refractivity contribution < 1.29 is 13.0 Å². The molecule has 0 N–H and O–H groups in total. The van der Waals surface area contributed by atoms with E-state index in [1.54, 1.807) is 50.4 Å². The summed E-state index contributed by atoms with van der Waals surface area (Å²) in [6.07, 6.45) is 7.61. The molecule has 0 amide bonds. The molecule has 4 atom stereocenters. The molecule has 0 bridgehead atoms. The van der Waals surface area contributed by atoms with Gasteiger partial charge in [0.25, 0.3) is 5.56 Å². The van der Waals surface area contributed by atoms with Crippen molar-refractivity contribution in [2.24, 2.45) is 10.9 Å². The quantitative estimate of drug-likeness (QED) is 0.336. The summed E-state index contributed by atoms with van der Waals surface area (Å²) in [6, 6.07) is 8.51. The van der Waals surface area contributed by atoms with E-state index in [0.29, 0.717) is 33.9 Å². The Kier molecular flexibility index (Phi) is 7.29. The van der Waals surface area contributed by atoms with Gasteiger partial charge in [0.05, 0.1) is 23.2 Å². The molecule has 5 nitrogen and oxygen atoms in total. The van der Waals surface area contributed by atoms with Crippen LogP contribution in [0.25, 0.3) is 6.20 Å². The summed E-state index contributed by atoms with van der Waals surface area (Å²) in [7, 11) is -1.13. The van der Waals surface area contributed by atoms with E-state index in [4.69, 9.17) is 11.6 Å². The zero-order chi connectivity index (χ0) is 27.1. The summed E-state index contributed by atoms with van der Waals surface area (Å²) in [5.74, 6) is -0.584. The van der Waals surface area contributed by atoms with Crippen LogP contribution in [0.3, 0.4) is 0 Å². The van der Waals surface area contributed by atoms with Crippen molar-refractivity contribution in [2.75, 3.05) is 5.75 Å². The molecule has 1 aliphatic carbocycles. The van der Waals surface area contributed by atoms with Crippen molar-refractivity contribution in [3.8, 4) is 0 Å². The molecule has 1 saturated carbocycles. The third-order valence-electron chi connectivity index (χ3n) is 7.25. The highest BCUT2D eigenvalue weighted by Crippen LogP contribution is 2.61. The Morgan fingerprint density at radius 1 is 1.26 bits per heavy atom. The fourth-order valence-corrected chi connectivity index (χ4v) is 6.96. The van der Waals surface area contributed by atoms with E-state index < -0.39 is 28.0 Å². The number of aryl methyl sites for hydroxylation is 1. The van der Waals surface area contributed by atoms with Gasteiger partial charge < -0.3 is 0 Å². The zero-order valence-electron chi connectivity index (χ0n) is 21.1. The fourth-order valence-electron chi connectivity index (χ4n) is 5.36. The van der Waals surface area contributed by atoms with Crippen LogP contribution in [0.2, 0.25) is 5.02 Å². The second-order valence-electron chi connectivity index (χ2n) is 9.60. The number of benzene rings is 1. The average molecular weight is 554 g/mol. The molecule has 1 fully saturated rings. The number of pyridine rings is 2. The van der Waals surface area contributed by atoms with Crippen LogP contribution in [0.1, 0.15) is 53.6 Å². The highest BCUT2D eigenvalue weighted by Gasteiger charge is 2.50. The van der Waals surface area contributed by atoms with E-state index in [-0.39, 0.29) is 28.5 Å². The van der Waals surface area contributed by atoms with Crippen molar-refractivity contribution in [3.63, 3.8) is 0 Å². The SMILES string of the molecule is C/C=C/N=C(/C(F)=C/n1c(C)cc(C2C(C)C2c2cncc(F)c2)c(Cl)c1=O)c1cccc2c1CCS2=O. The Bertz CT molecular complexity index is 1610. The third kappa shape index (κ3) is 4.71. The Morgan fingerprint density at radius 3 is 2.79 bits per heavy atom. The minimum atomic E-state index is -1.13. The number of nitrogens with zero attached hydrogens (tertiary/aromatic N) is 3. The van der Waals surface area contributed by atoms with Crippen LogP contribution < -0.4 is 5.56 Å². The maximum Gasteiger partial charge on any atom is 0.273 e. The standard InChI is InChI=1S/C29H26ClF2N3O2S/c1-4-9-34-28(21-6-5-7-24-20(21)8-10-38(24)37)23(32)15-35-16(2)11-22(27(30)29(35)36)26-17(3)25(26)18-12-19(31)14-33-13-18/h4-7,9,11-15,17,25-26H,8,10H2,1-3H3/b9-4+,23-15-,34-28+. The molecule has 0 spiro atoms. The number of hydrogen-bond donors (Lipinski definition) is 0. The van der Waals surface area contributed by atoms with Crippen molar-refractivity contribution in [2.45, 2.75) is 43.9 Å². The van der Waals surface area contributed by atoms with E-state index in [2.05, 4.69) is 9.98 Å². The van der Waals surface area contributed by atoms with Gasteiger partial charge in [-0.3, -0.25) is 23.5 Å². The Balaban J connectivity index is 1.54. The van der Waals surface area contributed by atoms with Crippen molar-refractivity contribution in [1.29, 1.82) is 0 Å². The van der Waals surface area contributed by atoms with Gasteiger partial charge in [0.15, 0.2) is 5.83 Å². The normalized spacial score (nSPS) is 23.2. The van der Waals surface area contributed by atoms with Gasteiger partial charge in [-0.05, 0) is 72.9 Å². The van der Waals surface area contributed by atoms with Crippen molar-refractivity contribution in [3.05, 3.63) is 110 Å². The first-order valence-corrected chi connectivity index (χ1v) is 14.0. The van der Waals surface area contributed by atoms with Gasteiger partial charge in [0.2, 0.25) is 0 Å². The van der Waals surface area contributed by atoms with E-state index in [1.807, 2.05) is 6.92 Å². The second-order valence-corrected chi connectivity index (χ2v) is 11.5. The van der Waals surface area contributed by atoms with Gasteiger partial charge in [-0.25, -0.2) is 8.78 Å². The Labute approximate surface area is 227 Å². The molecule has 2 aromatic heterocycles. The number of halogens is 3. The molecule has 0 saturated heterocycles. The summed E-state index contributed by atoms with van der Waals surface area (Å²) >= 11 is 6.56. The maximum atomic E-state index is 15.8. The monoisotopic (exact) mass is 553 g/mol. The molecule has 2 aliphatic rings. The molecule has 3 aromatic rings. The largest absolute Gasteiger partial charge is 0.284 e. The lowest BCUT2D eigenvalue weighted by Crippen LogP contribution is -2.21. The average Bonchev–Trinajstić information content (AvgIpc) is 3.42. The molecule has 1 aromatic carbocycles. The Morgan fingerprint density at radius 2 is 2.05 bits per heavy atom. The third-order valence-corrected chi connectivity index (χ3v) is 9.07. The summed E-state index contributed by atoms with van der Waals surface area (Å²) in [6.45, 7) is 5.50. The molecule has 5 rings (SSSR count). The topological polar surface area (TPSA) is 64.3 Å². The number of fused-ring (bicyclic) bond motifs is 1. The molecule has 38 heavy (non-hydrogen) atoms. The van der Waals surface area contributed by atoms with Crippen LogP contribution in [0, 0.1) is 18.7 Å².